The quantitative estimate of drug-likeness (QED) is 0.437. The third-order valence-electron chi connectivity index (χ3n) is 1.65. The van der Waals surface area contributed by atoms with Gasteiger partial charge in [0.05, 0.1) is 0 Å². The molecule has 0 aromatic carbocycles. The maximum atomic E-state index is 11.1. The molecule has 0 aromatic heterocycles. The Kier molecular flexibility index (Phi) is 6.19. The topological polar surface area (TPSA) is 78.4 Å². The summed E-state index contributed by atoms with van der Waals surface area (Å²) in [5.41, 5.74) is 0. The zero-order chi connectivity index (χ0) is 11.0. The molecule has 0 bridgehead atoms. The fraction of sp³-hybridized carbons (Fsp3) is 0.556. The molecule has 14 heavy (non-hydrogen) atoms. The van der Waals surface area contributed by atoms with Crippen LogP contribution in [0.15, 0.2) is 12.7 Å². The summed E-state index contributed by atoms with van der Waals surface area (Å²) in [6, 6.07) is -1.28. The van der Waals surface area contributed by atoms with E-state index in [-0.39, 0.29) is 0 Å². The molecule has 0 saturated carbocycles. The van der Waals surface area contributed by atoms with Gasteiger partial charge in [-0.15, -0.1) is 6.58 Å². The van der Waals surface area contributed by atoms with Crippen LogP contribution in [0.25, 0.3) is 0 Å². The first-order chi connectivity index (χ1) is 6.61. The third-order valence-corrected chi connectivity index (χ3v) is 1.65. The van der Waals surface area contributed by atoms with Gasteiger partial charge in [-0.2, -0.15) is 0 Å². The number of hydrogen-bond acceptors (Lipinski definition) is 2. The molecule has 0 aliphatic heterocycles. The number of carbonyl (C=O) groups excluding carboxylic acids is 1. The number of carbonyl (C=O) groups is 2. The van der Waals surface area contributed by atoms with Crippen LogP contribution in [0, 0.1) is 0 Å². The molecule has 0 aliphatic carbocycles. The highest BCUT2D eigenvalue weighted by Crippen LogP contribution is 1.90. The molecule has 0 rings (SSSR count). The van der Waals surface area contributed by atoms with Crippen molar-refractivity contribution in [2.24, 2.45) is 0 Å². The Morgan fingerprint density at radius 3 is 2.64 bits per heavy atom. The Labute approximate surface area is 83.2 Å². The number of carboxylic acid groups (broad SMARTS) is 1. The second kappa shape index (κ2) is 6.94. The highest BCUT2D eigenvalue weighted by molar-refractivity contribution is 5.82. The lowest BCUT2D eigenvalue weighted by atomic mass is 10.2. The smallest absolute Gasteiger partial charge is 0.326 e. The van der Waals surface area contributed by atoms with E-state index in [1.807, 2.05) is 0 Å². The van der Waals surface area contributed by atoms with Gasteiger partial charge in [-0.1, -0.05) is 13.0 Å². The van der Waals surface area contributed by atoms with Gasteiger partial charge in [0, 0.05) is 6.54 Å². The Balaban J connectivity index is 3.79. The van der Waals surface area contributed by atoms with Crippen molar-refractivity contribution < 1.29 is 14.7 Å². The summed E-state index contributed by atoms with van der Waals surface area (Å²) in [5, 5.41) is 13.5. The predicted molar refractivity (Wildman–Crippen MR) is 53.1 cm³/mol. The van der Waals surface area contributed by atoms with Crippen molar-refractivity contribution in [3.8, 4) is 0 Å². The van der Waals surface area contributed by atoms with Gasteiger partial charge in [-0.3, -0.25) is 0 Å². The first kappa shape index (κ1) is 12.5. The number of hydrogen-bond donors (Lipinski definition) is 3. The minimum absolute atomic E-state index is 0.365. The maximum absolute atomic E-state index is 11.1. The Hall–Kier alpha value is -1.52. The fourth-order valence-electron chi connectivity index (χ4n) is 0.835. The lowest BCUT2D eigenvalue weighted by Gasteiger charge is -2.12. The van der Waals surface area contributed by atoms with Crippen molar-refractivity contribution in [2.45, 2.75) is 25.8 Å². The third kappa shape index (κ3) is 5.18. The molecule has 0 radical (unpaired) electrons. The summed E-state index contributed by atoms with van der Waals surface area (Å²) in [7, 11) is 0. The van der Waals surface area contributed by atoms with E-state index in [2.05, 4.69) is 17.2 Å². The zero-order valence-electron chi connectivity index (χ0n) is 8.25. The minimum atomic E-state index is -1.02. The first-order valence-electron chi connectivity index (χ1n) is 4.49. The molecule has 80 valence electrons. The SMILES string of the molecule is C=CCCNC(=O)N[C@H](CC)C(=O)O. The number of rotatable bonds is 6. The lowest BCUT2D eigenvalue weighted by Crippen LogP contribution is -2.45. The number of amides is 2. The van der Waals surface area contributed by atoms with E-state index in [0.29, 0.717) is 19.4 Å². The largest absolute Gasteiger partial charge is 0.480 e. The molecule has 0 unspecified atom stereocenters. The van der Waals surface area contributed by atoms with Gasteiger partial charge >= 0.3 is 12.0 Å². The van der Waals surface area contributed by atoms with Crippen molar-refractivity contribution in [3.05, 3.63) is 12.7 Å². The standard InChI is InChI=1S/C9H16N2O3/c1-3-5-6-10-9(14)11-7(4-2)8(12)13/h3,7H,1,4-6H2,2H3,(H,12,13)(H2,10,11,14)/t7-/m1/s1. The van der Waals surface area contributed by atoms with Crippen LogP contribution in [0.2, 0.25) is 0 Å². The highest BCUT2D eigenvalue weighted by atomic mass is 16.4. The van der Waals surface area contributed by atoms with Crippen molar-refractivity contribution >= 4 is 12.0 Å². The molecule has 0 saturated heterocycles. The average molecular weight is 200 g/mol. The second-order valence-electron chi connectivity index (χ2n) is 2.78. The normalized spacial score (nSPS) is 11.5. The summed E-state index contributed by atoms with van der Waals surface area (Å²) < 4.78 is 0. The number of aliphatic carboxylic acids is 1. The second-order valence-corrected chi connectivity index (χ2v) is 2.78. The van der Waals surface area contributed by atoms with E-state index >= 15 is 0 Å². The van der Waals surface area contributed by atoms with Gasteiger partial charge < -0.3 is 15.7 Å². The van der Waals surface area contributed by atoms with Crippen LogP contribution in [-0.2, 0) is 4.79 Å². The summed E-state index contributed by atoms with van der Waals surface area (Å²) in [6.07, 6.45) is 2.70. The van der Waals surface area contributed by atoms with E-state index in [1.165, 1.54) is 0 Å². The van der Waals surface area contributed by atoms with Gasteiger partial charge in [0.15, 0.2) is 0 Å². The molecule has 0 aliphatic rings. The van der Waals surface area contributed by atoms with Gasteiger partial charge in [0.1, 0.15) is 6.04 Å². The molecule has 5 heteroatoms. The van der Waals surface area contributed by atoms with Gasteiger partial charge in [0.2, 0.25) is 0 Å². The summed E-state index contributed by atoms with van der Waals surface area (Å²) in [4.78, 5) is 21.6. The van der Waals surface area contributed by atoms with E-state index < -0.39 is 18.0 Å². The monoisotopic (exact) mass is 200 g/mol. The van der Waals surface area contributed by atoms with E-state index in [0.717, 1.165) is 0 Å². The van der Waals surface area contributed by atoms with Crippen LogP contribution in [0.1, 0.15) is 19.8 Å². The fourth-order valence-corrected chi connectivity index (χ4v) is 0.835. The van der Waals surface area contributed by atoms with Crippen molar-refractivity contribution in [3.63, 3.8) is 0 Å². The van der Waals surface area contributed by atoms with Crippen LogP contribution in [-0.4, -0.2) is 29.7 Å². The van der Waals surface area contributed by atoms with Gasteiger partial charge in [-0.25, -0.2) is 9.59 Å². The van der Waals surface area contributed by atoms with Gasteiger partial charge in [0.25, 0.3) is 0 Å². The minimum Gasteiger partial charge on any atom is -0.480 e. The van der Waals surface area contributed by atoms with Crippen LogP contribution < -0.4 is 10.6 Å². The molecule has 3 N–H and O–H groups in total. The van der Waals surface area contributed by atoms with Crippen LogP contribution >= 0.6 is 0 Å². The molecule has 0 spiro atoms. The summed E-state index contributed by atoms with van der Waals surface area (Å²) >= 11 is 0. The Bertz CT molecular complexity index is 216. The molecule has 0 aromatic rings. The first-order valence-corrected chi connectivity index (χ1v) is 4.49. The zero-order valence-corrected chi connectivity index (χ0v) is 8.25. The summed E-state index contributed by atoms with van der Waals surface area (Å²) in [5.74, 6) is -1.02. The molecule has 5 nitrogen and oxygen atoms in total. The Morgan fingerprint density at radius 1 is 1.57 bits per heavy atom. The highest BCUT2D eigenvalue weighted by Gasteiger charge is 2.16. The van der Waals surface area contributed by atoms with Crippen LogP contribution in [0.4, 0.5) is 4.79 Å². The number of urea groups is 1. The molecular weight excluding hydrogens is 184 g/mol. The molecule has 0 fully saturated rings. The predicted octanol–water partition coefficient (Wildman–Crippen LogP) is 0.725. The van der Waals surface area contributed by atoms with Crippen molar-refractivity contribution in [1.29, 1.82) is 0 Å². The average Bonchev–Trinajstić information content (AvgIpc) is 2.14. The molecule has 2 amide bonds. The number of nitrogens with one attached hydrogen (secondary N) is 2. The van der Waals surface area contributed by atoms with E-state index in [9.17, 15) is 9.59 Å². The Morgan fingerprint density at radius 2 is 2.21 bits per heavy atom. The molecule has 1 atom stereocenters. The van der Waals surface area contributed by atoms with Gasteiger partial charge in [-0.05, 0) is 12.8 Å². The van der Waals surface area contributed by atoms with Crippen molar-refractivity contribution in [2.75, 3.05) is 6.54 Å². The maximum Gasteiger partial charge on any atom is 0.326 e. The molecule has 0 heterocycles. The number of carboxylic acids is 1. The van der Waals surface area contributed by atoms with E-state index in [4.69, 9.17) is 5.11 Å². The van der Waals surface area contributed by atoms with E-state index in [1.54, 1.807) is 13.0 Å². The molecular formula is C9H16N2O3. The van der Waals surface area contributed by atoms with Crippen molar-refractivity contribution in [1.82, 2.24) is 10.6 Å². The lowest BCUT2D eigenvalue weighted by molar-refractivity contribution is -0.139. The summed E-state index contributed by atoms with van der Waals surface area (Å²) in [6.45, 7) is 5.66. The van der Waals surface area contributed by atoms with Crippen LogP contribution in [0.5, 0.6) is 0 Å². The van der Waals surface area contributed by atoms with Crippen LogP contribution in [0.3, 0.4) is 0 Å².